The molecule has 1 N–H and O–H groups in total. The molecule has 5 heteroatoms. The Labute approximate surface area is 95.2 Å². The molecule has 1 atom stereocenters. The predicted octanol–water partition coefficient (Wildman–Crippen LogP) is 1.00. The van der Waals surface area contributed by atoms with Gasteiger partial charge in [-0.2, -0.15) is 5.10 Å². The summed E-state index contributed by atoms with van der Waals surface area (Å²) in [6.45, 7) is 4.00. The van der Waals surface area contributed by atoms with Gasteiger partial charge in [-0.1, -0.05) is 0 Å². The van der Waals surface area contributed by atoms with Gasteiger partial charge in [-0.3, -0.25) is 0 Å². The lowest BCUT2D eigenvalue weighted by Crippen LogP contribution is -2.39. The van der Waals surface area contributed by atoms with E-state index in [0.717, 1.165) is 24.5 Å². The van der Waals surface area contributed by atoms with Crippen LogP contribution in [0.25, 0.3) is 0 Å². The zero-order valence-electron chi connectivity index (χ0n) is 9.69. The molecule has 1 unspecified atom stereocenters. The van der Waals surface area contributed by atoms with Gasteiger partial charge in [-0.25, -0.2) is 0 Å². The molecular formula is C11H17N3O2. The van der Waals surface area contributed by atoms with Crippen LogP contribution < -0.4 is 5.32 Å². The predicted molar refractivity (Wildman–Crippen MR) is 60.4 cm³/mol. The fourth-order valence-corrected chi connectivity index (χ4v) is 1.71. The molecule has 0 saturated carbocycles. The van der Waals surface area contributed by atoms with Crippen molar-refractivity contribution in [3.8, 4) is 0 Å². The monoisotopic (exact) mass is 223 g/mol. The molecule has 2 rings (SSSR count). The molecular weight excluding hydrogens is 206 g/mol. The standard InChI is InChI=1S/C11H17N3O2/c1-9-3-4-10(14-13-9)12-7-11(15-2)5-6-16-8-11/h3-4H,5-8H2,1-2H3,(H,12,14). The highest BCUT2D eigenvalue weighted by molar-refractivity contribution is 5.33. The number of hydrogen-bond donors (Lipinski definition) is 1. The second kappa shape index (κ2) is 4.76. The minimum Gasteiger partial charge on any atom is -0.378 e. The van der Waals surface area contributed by atoms with E-state index in [9.17, 15) is 0 Å². The normalized spacial score (nSPS) is 24.6. The van der Waals surface area contributed by atoms with Gasteiger partial charge in [-0.15, -0.1) is 5.10 Å². The van der Waals surface area contributed by atoms with Crippen LogP contribution in [-0.4, -0.2) is 42.7 Å². The summed E-state index contributed by atoms with van der Waals surface area (Å²) in [5.41, 5.74) is 0.697. The van der Waals surface area contributed by atoms with Crippen molar-refractivity contribution < 1.29 is 9.47 Å². The summed E-state index contributed by atoms with van der Waals surface area (Å²) in [7, 11) is 1.72. The van der Waals surface area contributed by atoms with Crippen molar-refractivity contribution in [2.75, 3.05) is 32.2 Å². The maximum absolute atomic E-state index is 5.51. The average Bonchev–Trinajstić information content (AvgIpc) is 2.78. The summed E-state index contributed by atoms with van der Waals surface area (Å²) in [5, 5.41) is 11.3. The van der Waals surface area contributed by atoms with Crippen LogP contribution in [0, 0.1) is 6.92 Å². The SMILES string of the molecule is COC1(CNc2ccc(C)nn2)CCOC1. The number of aryl methyl sites for hydroxylation is 1. The summed E-state index contributed by atoms with van der Waals surface area (Å²) >= 11 is 0. The van der Waals surface area contributed by atoms with Crippen molar-refractivity contribution >= 4 is 5.82 Å². The van der Waals surface area contributed by atoms with E-state index >= 15 is 0 Å². The molecule has 0 amide bonds. The third kappa shape index (κ3) is 2.48. The number of nitrogens with zero attached hydrogens (tertiary/aromatic N) is 2. The molecule has 5 nitrogen and oxygen atoms in total. The van der Waals surface area contributed by atoms with Crippen molar-refractivity contribution in [3.63, 3.8) is 0 Å². The fraction of sp³-hybridized carbons (Fsp3) is 0.636. The first kappa shape index (κ1) is 11.3. The van der Waals surface area contributed by atoms with E-state index in [0.29, 0.717) is 13.2 Å². The van der Waals surface area contributed by atoms with E-state index in [1.165, 1.54) is 0 Å². The van der Waals surface area contributed by atoms with Crippen LogP contribution in [0.1, 0.15) is 12.1 Å². The number of rotatable bonds is 4. The maximum atomic E-state index is 5.51. The number of methoxy groups -OCH3 is 1. The second-order valence-corrected chi connectivity index (χ2v) is 4.10. The summed E-state index contributed by atoms with van der Waals surface area (Å²) in [4.78, 5) is 0. The molecule has 1 fully saturated rings. The van der Waals surface area contributed by atoms with Crippen molar-refractivity contribution in [1.82, 2.24) is 10.2 Å². The Kier molecular flexibility index (Phi) is 3.36. The lowest BCUT2D eigenvalue weighted by atomic mass is 10.0. The third-order valence-electron chi connectivity index (χ3n) is 2.89. The molecule has 0 radical (unpaired) electrons. The first-order chi connectivity index (χ1) is 7.74. The molecule has 1 aliphatic rings. The van der Waals surface area contributed by atoms with Crippen LogP contribution in [0.4, 0.5) is 5.82 Å². The lowest BCUT2D eigenvalue weighted by molar-refractivity contribution is -0.00626. The van der Waals surface area contributed by atoms with Gasteiger partial charge in [0.2, 0.25) is 0 Å². The average molecular weight is 223 g/mol. The Bertz CT molecular complexity index is 334. The molecule has 1 aliphatic heterocycles. The smallest absolute Gasteiger partial charge is 0.148 e. The Morgan fingerprint density at radius 3 is 2.94 bits per heavy atom. The molecule has 1 aromatic heterocycles. The Balaban J connectivity index is 1.93. The second-order valence-electron chi connectivity index (χ2n) is 4.10. The van der Waals surface area contributed by atoms with Crippen LogP contribution >= 0.6 is 0 Å². The molecule has 0 bridgehead atoms. The van der Waals surface area contributed by atoms with Gasteiger partial charge in [0.15, 0.2) is 0 Å². The maximum Gasteiger partial charge on any atom is 0.148 e. The van der Waals surface area contributed by atoms with Crippen LogP contribution in [0.5, 0.6) is 0 Å². The van der Waals surface area contributed by atoms with Crippen molar-refractivity contribution in [2.45, 2.75) is 18.9 Å². The van der Waals surface area contributed by atoms with Crippen LogP contribution in [-0.2, 0) is 9.47 Å². The highest BCUT2D eigenvalue weighted by Gasteiger charge is 2.34. The van der Waals surface area contributed by atoms with Gasteiger partial charge in [0, 0.05) is 26.7 Å². The number of hydrogen-bond acceptors (Lipinski definition) is 5. The number of ether oxygens (including phenoxy) is 2. The molecule has 1 aromatic rings. The Morgan fingerprint density at radius 1 is 1.50 bits per heavy atom. The third-order valence-corrected chi connectivity index (χ3v) is 2.89. The summed E-state index contributed by atoms with van der Waals surface area (Å²) in [6, 6.07) is 3.85. The van der Waals surface area contributed by atoms with Crippen LogP contribution in [0.3, 0.4) is 0 Å². The molecule has 16 heavy (non-hydrogen) atoms. The minimum absolute atomic E-state index is 0.216. The van der Waals surface area contributed by atoms with E-state index in [1.54, 1.807) is 7.11 Å². The Morgan fingerprint density at radius 2 is 2.38 bits per heavy atom. The van der Waals surface area contributed by atoms with Gasteiger partial charge < -0.3 is 14.8 Å². The topological polar surface area (TPSA) is 56.3 Å². The van der Waals surface area contributed by atoms with Gasteiger partial charge in [0.1, 0.15) is 11.4 Å². The van der Waals surface area contributed by atoms with E-state index in [2.05, 4.69) is 15.5 Å². The highest BCUT2D eigenvalue weighted by atomic mass is 16.5. The van der Waals surface area contributed by atoms with E-state index in [1.807, 2.05) is 19.1 Å². The number of nitrogens with one attached hydrogen (secondary N) is 1. The summed E-state index contributed by atoms with van der Waals surface area (Å²) < 4.78 is 10.9. The van der Waals surface area contributed by atoms with Crippen molar-refractivity contribution in [2.24, 2.45) is 0 Å². The van der Waals surface area contributed by atoms with Gasteiger partial charge in [0.05, 0.1) is 12.3 Å². The molecule has 0 aromatic carbocycles. The minimum atomic E-state index is -0.216. The molecule has 2 heterocycles. The lowest BCUT2D eigenvalue weighted by Gasteiger charge is -2.25. The number of anilines is 1. The summed E-state index contributed by atoms with van der Waals surface area (Å²) in [6.07, 6.45) is 0.912. The van der Waals surface area contributed by atoms with E-state index in [-0.39, 0.29) is 5.60 Å². The summed E-state index contributed by atoms with van der Waals surface area (Å²) in [5.74, 6) is 0.772. The van der Waals surface area contributed by atoms with Crippen LogP contribution in [0.15, 0.2) is 12.1 Å². The van der Waals surface area contributed by atoms with E-state index in [4.69, 9.17) is 9.47 Å². The van der Waals surface area contributed by atoms with Crippen LogP contribution in [0.2, 0.25) is 0 Å². The van der Waals surface area contributed by atoms with Crippen molar-refractivity contribution in [1.29, 1.82) is 0 Å². The zero-order valence-corrected chi connectivity index (χ0v) is 9.69. The van der Waals surface area contributed by atoms with E-state index < -0.39 is 0 Å². The zero-order chi connectivity index (χ0) is 11.4. The Hall–Kier alpha value is -1.20. The fourth-order valence-electron chi connectivity index (χ4n) is 1.71. The molecule has 0 aliphatic carbocycles. The molecule has 1 saturated heterocycles. The van der Waals surface area contributed by atoms with Gasteiger partial charge >= 0.3 is 0 Å². The first-order valence-electron chi connectivity index (χ1n) is 5.41. The molecule has 0 spiro atoms. The van der Waals surface area contributed by atoms with Gasteiger partial charge in [0.25, 0.3) is 0 Å². The molecule has 88 valence electrons. The first-order valence-corrected chi connectivity index (χ1v) is 5.41. The van der Waals surface area contributed by atoms with Gasteiger partial charge in [-0.05, 0) is 19.1 Å². The van der Waals surface area contributed by atoms with Crippen molar-refractivity contribution in [3.05, 3.63) is 17.8 Å². The number of aromatic nitrogens is 2. The highest BCUT2D eigenvalue weighted by Crippen LogP contribution is 2.22. The largest absolute Gasteiger partial charge is 0.378 e. The quantitative estimate of drug-likeness (QED) is 0.825.